The normalized spacial score (nSPS) is 13.3. The predicted molar refractivity (Wildman–Crippen MR) is 202 cm³/mol. The highest BCUT2D eigenvalue weighted by molar-refractivity contribution is 6.99. The maximum atomic E-state index is 6.51. The van der Waals surface area contributed by atoms with Gasteiger partial charge >= 0.3 is 0 Å². The zero-order chi connectivity index (χ0) is 33.2. The summed E-state index contributed by atoms with van der Waals surface area (Å²) in [6.07, 6.45) is 0. The molecule has 0 atom stereocenters. The minimum Gasteiger partial charge on any atom is -0.458 e. The Morgan fingerprint density at radius 3 is 1.77 bits per heavy atom. The molecule has 0 fully saturated rings. The van der Waals surface area contributed by atoms with Crippen LogP contribution in [0.4, 0.5) is 34.4 Å². The molecule has 3 heterocycles. The van der Waals surface area contributed by atoms with Gasteiger partial charge in [-0.05, 0) is 99.0 Å². The van der Waals surface area contributed by atoms with Crippen molar-refractivity contribution in [3.63, 3.8) is 0 Å². The molecule has 1 aromatic heterocycles. The molecule has 0 spiro atoms. The predicted octanol–water partition coefficient (Wildman–Crippen LogP) is 9.55. The number of ether oxygens (including phenoxy) is 1. The number of rotatable bonds is 4. The number of hydrogen-bond donors (Lipinski definition) is 0. The summed E-state index contributed by atoms with van der Waals surface area (Å²) >= 11 is 0. The molecule has 0 N–H and O–H groups in total. The van der Waals surface area contributed by atoms with Crippen LogP contribution in [0.2, 0.25) is 0 Å². The van der Waals surface area contributed by atoms with Gasteiger partial charge in [0.15, 0.2) is 0 Å². The molecule has 2 aliphatic heterocycles. The standard InChI is InChI=1S/C43H40BN3O/c1-42(2,3)29-19-23-32(24-20-29)46(33-25-21-30(22-26-33)43(4,5)6)39-28-27-35-41(45-39)47(31-13-8-7-9-14-31)36-16-12-18-38-40(36)44(35)34-15-10-11-17-37(34)48-38/h7-28H,1-6H3. The maximum Gasteiger partial charge on any atom is 0.258 e. The van der Waals surface area contributed by atoms with Crippen molar-refractivity contribution < 1.29 is 4.74 Å². The minimum absolute atomic E-state index is 0.00301. The molecule has 0 aliphatic carbocycles. The van der Waals surface area contributed by atoms with Crippen molar-refractivity contribution in [1.82, 2.24) is 4.98 Å². The Kier molecular flexibility index (Phi) is 6.99. The highest BCUT2D eigenvalue weighted by atomic mass is 16.5. The Labute approximate surface area is 284 Å². The van der Waals surface area contributed by atoms with E-state index in [0.717, 1.165) is 56.8 Å². The van der Waals surface area contributed by atoms with E-state index in [1.807, 2.05) is 6.07 Å². The minimum atomic E-state index is 0.00301. The van der Waals surface area contributed by atoms with Gasteiger partial charge < -0.3 is 4.74 Å². The molecule has 2 aliphatic rings. The first kappa shape index (κ1) is 30.1. The van der Waals surface area contributed by atoms with Crippen molar-refractivity contribution in [1.29, 1.82) is 0 Å². The van der Waals surface area contributed by atoms with E-state index in [0.29, 0.717) is 0 Å². The molecule has 6 aromatic rings. The van der Waals surface area contributed by atoms with Crippen LogP contribution in [0.1, 0.15) is 52.7 Å². The third kappa shape index (κ3) is 5.05. The lowest BCUT2D eigenvalue weighted by molar-refractivity contribution is 0.487. The summed E-state index contributed by atoms with van der Waals surface area (Å²) in [5.74, 6) is 3.58. The number of anilines is 6. The molecule has 5 aromatic carbocycles. The maximum absolute atomic E-state index is 6.51. The highest BCUT2D eigenvalue weighted by Gasteiger charge is 2.42. The van der Waals surface area contributed by atoms with Crippen LogP contribution in [0.25, 0.3) is 0 Å². The first-order valence-electron chi connectivity index (χ1n) is 16.8. The van der Waals surface area contributed by atoms with Crippen molar-refractivity contribution in [2.75, 3.05) is 9.80 Å². The monoisotopic (exact) mass is 625 g/mol. The van der Waals surface area contributed by atoms with Crippen LogP contribution in [0, 0.1) is 0 Å². The average molecular weight is 626 g/mol. The summed E-state index contributed by atoms with van der Waals surface area (Å²) < 4.78 is 6.51. The summed E-state index contributed by atoms with van der Waals surface area (Å²) in [5, 5.41) is 0. The van der Waals surface area contributed by atoms with Gasteiger partial charge in [0.1, 0.15) is 23.1 Å². The van der Waals surface area contributed by atoms with E-state index in [2.05, 4.69) is 179 Å². The van der Waals surface area contributed by atoms with E-state index in [-0.39, 0.29) is 17.5 Å². The lowest BCUT2D eigenvalue weighted by Gasteiger charge is -2.39. The van der Waals surface area contributed by atoms with Crippen LogP contribution in [0.5, 0.6) is 11.5 Å². The highest BCUT2D eigenvalue weighted by Crippen LogP contribution is 2.42. The Morgan fingerprint density at radius 1 is 0.562 bits per heavy atom. The van der Waals surface area contributed by atoms with Crippen LogP contribution in [-0.2, 0) is 10.8 Å². The van der Waals surface area contributed by atoms with Gasteiger partial charge in [-0.25, -0.2) is 4.98 Å². The van der Waals surface area contributed by atoms with Crippen molar-refractivity contribution in [3.8, 4) is 11.5 Å². The summed E-state index contributed by atoms with van der Waals surface area (Å²) in [6, 6.07) is 47.7. The zero-order valence-corrected chi connectivity index (χ0v) is 28.5. The average Bonchev–Trinajstić information content (AvgIpc) is 3.08. The Balaban J connectivity index is 1.35. The van der Waals surface area contributed by atoms with Crippen LogP contribution in [0.15, 0.2) is 133 Å². The molecule has 0 bridgehead atoms. The van der Waals surface area contributed by atoms with Crippen LogP contribution >= 0.6 is 0 Å². The number of fused-ring (bicyclic) bond motifs is 4. The number of pyridine rings is 1. The SMILES string of the molecule is CC(C)(C)c1ccc(N(c2ccc(C(C)(C)C)cc2)c2ccc3c(n2)N(c2ccccc2)c2cccc4c2B3c2ccccc2O4)cc1. The van der Waals surface area contributed by atoms with E-state index in [1.165, 1.54) is 16.6 Å². The fourth-order valence-electron chi connectivity index (χ4n) is 7.08. The zero-order valence-electron chi connectivity index (χ0n) is 28.5. The number of aromatic nitrogens is 1. The van der Waals surface area contributed by atoms with Gasteiger partial charge in [-0.3, -0.25) is 9.80 Å². The van der Waals surface area contributed by atoms with Gasteiger partial charge in [-0.1, -0.05) is 114 Å². The second-order valence-electron chi connectivity index (χ2n) is 14.9. The van der Waals surface area contributed by atoms with E-state index in [1.54, 1.807) is 0 Å². The van der Waals surface area contributed by atoms with Gasteiger partial charge in [0.05, 0.1) is 0 Å². The van der Waals surface area contributed by atoms with Crippen LogP contribution < -0.4 is 30.9 Å². The summed E-state index contributed by atoms with van der Waals surface area (Å²) in [5.41, 5.74) is 10.5. The third-order valence-corrected chi connectivity index (χ3v) is 9.66. The second kappa shape index (κ2) is 11.2. The lowest BCUT2D eigenvalue weighted by atomic mass is 9.34. The molecule has 0 radical (unpaired) electrons. The van der Waals surface area contributed by atoms with Crippen molar-refractivity contribution in [3.05, 3.63) is 145 Å². The van der Waals surface area contributed by atoms with E-state index >= 15 is 0 Å². The number of benzene rings is 5. The Hall–Kier alpha value is -5.29. The fourth-order valence-corrected chi connectivity index (χ4v) is 7.08. The van der Waals surface area contributed by atoms with Gasteiger partial charge in [-0.2, -0.15) is 0 Å². The summed E-state index contributed by atoms with van der Waals surface area (Å²) in [4.78, 5) is 10.2. The smallest absolute Gasteiger partial charge is 0.258 e. The number of para-hydroxylation sites is 2. The van der Waals surface area contributed by atoms with E-state index in [9.17, 15) is 0 Å². The number of hydrogen-bond acceptors (Lipinski definition) is 4. The van der Waals surface area contributed by atoms with Crippen molar-refractivity contribution >= 4 is 57.5 Å². The van der Waals surface area contributed by atoms with Crippen molar-refractivity contribution in [2.24, 2.45) is 0 Å². The van der Waals surface area contributed by atoms with Gasteiger partial charge in [-0.15, -0.1) is 0 Å². The molecule has 236 valence electrons. The number of nitrogens with zero attached hydrogens (tertiary/aromatic N) is 3. The topological polar surface area (TPSA) is 28.6 Å². The van der Waals surface area contributed by atoms with Crippen LogP contribution in [-0.4, -0.2) is 11.7 Å². The first-order chi connectivity index (χ1) is 23.1. The Bertz CT molecular complexity index is 2070. The van der Waals surface area contributed by atoms with Crippen LogP contribution in [0.3, 0.4) is 0 Å². The van der Waals surface area contributed by atoms with Crippen molar-refractivity contribution in [2.45, 2.75) is 52.4 Å². The molecule has 4 nitrogen and oxygen atoms in total. The quantitative estimate of drug-likeness (QED) is 0.182. The molecule has 0 amide bonds. The molecule has 48 heavy (non-hydrogen) atoms. The second-order valence-corrected chi connectivity index (χ2v) is 14.9. The lowest BCUT2D eigenvalue weighted by Crippen LogP contribution is -2.59. The third-order valence-electron chi connectivity index (χ3n) is 9.66. The summed E-state index contributed by atoms with van der Waals surface area (Å²) in [6.45, 7) is 13.5. The summed E-state index contributed by atoms with van der Waals surface area (Å²) in [7, 11) is 0. The molecule has 0 unspecified atom stereocenters. The van der Waals surface area contributed by atoms with Gasteiger partial charge in [0.25, 0.3) is 6.71 Å². The fraction of sp³-hybridized carbons (Fsp3) is 0.186. The molecule has 0 saturated carbocycles. The Morgan fingerprint density at radius 2 is 1.15 bits per heavy atom. The first-order valence-corrected chi connectivity index (χ1v) is 16.8. The van der Waals surface area contributed by atoms with E-state index < -0.39 is 0 Å². The largest absolute Gasteiger partial charge is 0.458 e. The molecule has 0 saturated heterocycles. The van der Waals surface area contributed by atoms with E-state index in [4.69, 9.17) is 9.72 Å². The van der Waals surface area contributed by atoms with Gasteiger partial charge in [0, 0.05) is 22.7 Å². The molecular formula is C43H40BN3O. The molecule has 5 heteroatoms. The molecule has 8 rings (SSSR count). The molecular weight excluding hydrogens is 585 g/mol. The van der Waals surface area contributed by atoms with Gasteiger partial charge in [0.2, 0.25) is 0 Å².